The normalized spacial score (nSPS) is 10.5. The van der Waals surface area contributed by atoms with Crippen LogP contribution in [-0.4, -0.2) is 15.9 Å². The van der Waals surface area contributed by atoms with Gasteiger partial charge in [0.1, 0.15) is 29.6 Å². The summed E-state index contributed by atoms with van der Waals surface area (Å²) in [4.78, 5) is 32.1. The van der Waals surface area contributed by atoms with Crippen molar-refractivity contribution in [3.05, 3.63) is 135 Å². The van der Waals surface area contributed by atoms with Gasteiger partial charge in [-0.3, -0.25) is 9.59 Å². The molecule has 1 amide bonds. The van der Waals surface area contributed by atoms with E-state index < -0.39 is 29.1 Å². The first-order valence-electron chi connectivity index (χ1n) is 11.5. The molecule has 3 aromatic carbocycles. The molecule has 0 aliphatic heterocycles. The molecule has 0 radical (unpaired) electrons. The molecule has 186 valence electrons. The maximum absolute atomic E-state index is 13.4. The van der Waals surface area contributed by atoms with Crippen molar-refractivity contribution in [3.8, 4) is 0 Å². The molecule has 2 N–H and O–H groups in total. The minimum Gasteiger partial charge on any atom is -0.369 e. The maximum Gasteiger partial charge on any atom is 0.263 e. The molecule has 0 saturated carbocycles. The number of hydrogen-bond donors (Lipinski definition) is 2. The number of H-pyrrole nitrogens is 1. The highest BCUT2D eigenvalue weighted by atomic mass is 19.1. The average Bonchev–Trinajstić information content (AvgIpc) is 2.90. The second kappa shape index (κ2) is 13.1. The van der Waals surface area contributed by atoms with Crippen LogP contribution in [0.2, 0.25) is 0 Å². The topological polar surface area (TPSA) is 84.1 Å². The Labute approximate surface area is 208 Å². The molecule has 1 aromatic heterocycles. The summed E-state index contributed by atoms with van der Waals surface area (Å²) in [5.74, 6) is -1.26. The fourth-order valence-corrected chi connectivity index (χ4v) is 3.39. The van der Waals surface area contributed by atoms with Crippen LogP contribution < -0.4 is 10.9 Å². The monoisotopic (exact) mass is 491 g/mol. The molecule has 0 saturated heterocycles. The first kappa shape index (κ1) is 26.4. The molecular formula is C28H27F2N3O3. The van der Waals surface area contributed by atoms with Crippen LogP contribution in [0.15, 0.2) is 89.9 Å². The summed E-state index contributed by atoms with van der Waals surface area (Å²) in [6, 6.07) is 19.9. The van der Waals surface area contributed by atoms with Crippen molar-refractivity contribution in [2.45, 2.75) is 33.1 Å². The Balaban J connectivity index is 0.00000176. The maximum atomic E-state index is 13.4. The molecule has 0 aliphatic rings. The summed E-state index contributed by atoms with van der Waals surface area (Å²) in [6.45, 7) is 4.42. The number of hydrogen-bond acceptors (Lipinski definition) is 4. The van der Waals surface area contributed by atoms with Crippen LogP contribution in [-0.2, 0) is 18.0 Å². The highest BCUT2D eigenvalue weighted by Gasteiger charge is 2.20. The van der Waals surface area contributed by atoms with Gasteiger partial charge < -0.3 is 15.0 Å². The van der Waals surface area contributed by atoms with Crippen LogP contribution in [0.3, 0.4) is 0 Å². The summed E-state index contributed by atoms with van der Waals surface area (Å²) >= 11 is 0. The van der Waals surface area contributed by atoms with Crippen LogP contribution in [0.5, 0.6) is 0 Å². The molecule has 0 unspecified atom stereocenters. The van der Waals surface area contributed by atoms with Crippen molar-refractivity contribution in [1.29, 1.82) is 0 Å². The van der Waals surface area contributed by atoms with Crippen LogP contribution >= 0.6 is 0 Å². The number of ether oxygens (including phenoxy) is 1. The molecular weight excluding hydrogens is 464 g/mol. The number of aromatic amines is 1. The smallest absolute Gasteiger partial charge is 0.263 e. The van der Waals surface area contributed by atoms with Crippen molar-refractivity contribution in [2.24, 2.45) is 0 Å². The number of nitrogens with zero attached hydrogens (tertiary/aromatic N) is 1. The van der Waals surface area contributed by atoms with E-state index in [9.17, 15) is 18.4 Å². The quantitative estimate of drug-likeness (QED) is 0.350. The van der Waals surface area contributed by atoms with Crippen LogP contribution in [0.1, 0.15) is 52.8 Å². The molecule has 8 heteroatoms. The van der Waals surface area contributed by atoms with Gasteiger partial charge in [-0.05, 0) is 41.0 Å². The number of rotatable bonds is 8. The molecule has 4 rings (SSSR count). The van der Waals surface area contributed by atoms with Gasteiger partial charge in [0.15, 0.2) is 0 Å². The zero-order valence-corrected chi connectivity index (χ0v) is 20.0. The van der Waals surface area contributed by atoms with E-state index in [1.807, 2.05) is 44.2 Å². The Kier molecular flexibility index (Phi) is 9.59. The average molecular weight is 492 g/mol. The van der Waals surface area contributed by atoms with Crippen molar-refractivity contribution in [2.75, 3.05) is 0 Å². The van der Waals surface area contributed by atoms with E-state index in [1.165, 1.54) is 54.7 Å². The molecule has 4 aromatic rings. The molecule has 1 heterocycles. The lowest BCUT2D eigenvalue weighted by molar-refractivity contribution is 0.0937. The van der Waals surface area contributed by atoms with Crippen molar-refractivity contribution in [1.82, 2.24) is 15.3 Å². The second-order valence-electron chi connectivity index (χ2n) is 7.56. The zero-order chi connectivity index (χ0) is 25.9. The number of carbonyl (C=O) groups excluding carboxylic acids is 1. The Morgan fingerprint density at radius 2 is 1.44 bits per heavy atom. The Morgan fingerprint density at radius 1 is 0.889 bits per heavy atom. The van der Waals surface area contributed by atoms with E-state index >= 15 is 0 Å². The van der Waals surface area contributed by atoms with Crippen LogP contribution in [0.4, 0.5) is 8.78 Å². The largest absolute Gasteiger partial charge is 0.369 e. The van der Waals surface area contributed by atoms with Gasteiger partial charge >= 0.3 is 0 Å². The molecule has 0 spiro atoms. The van der Waals surface area contributed by atoms with Gasteiger partial charge in [0.05, 0.1) is 12.6 Å². The van der Waals surface area contributed by atoms with E-state index in [0.29, 0.717) is 17.7 Å². The molecule has 0 bridgehead atoms. The summed E-state index contributed by atoms with van der Waals surface area (Å²) < 4.78 is 32.4. The summed E-state index contributed by atoms with van der Waals surface area (Å²) in [6.07, 6.45) is 1.18. The van der Waals surface area contributed by atoms with Gasteiger partial charge in [-0.2, -0.15) is 0 Å². The number of aromatic nitrogens is 2. The summed E-state index contributed by atoms with van der Waals surface area (Å²) in [7, 11) is 0. The fraction of sp³-hybridized carbons (Fsp3) is 0.179. The lowest BCUT2D eigenvalue weighted by Crippen LogP contribution is -2.34. The van der Waals surface area contributed by atoms with Gasteiger partial charge in [0.25, 0.3) is 11.5 Å². The number of carbonyl (C=O) groups is 1. The van der Waals surface area contributed by atoms with Gasteiger partial charge in [-0.1, -0.05) is 68.4 Å². The Bertz CT molecular complexity index is 1260. The van der Waals surface area contributed by atoms with E-state index in [1.54, 1.807) is 0 Å². The summed E-state index contributed by atoms with van der Waals surface area (Å²) in [5, 5.41) is 2.75. The number of amides is 1. The first-order chi connectivity index (χ1) is 17.5. The second-order valence-corrected chi connectivity index (χ2v) is 7.56. The molecule has 0 aliphatic carbocycles. The number of halogens is 2. The van der Waals surface area contributed by atoms with Crippen LogP contribution in [0, 0.1) is 11.6 Å². The van der Waals surface area contributed by atoms with Gasteiger partial charge in [-0.15, -0.1) is 0 Å². The van der Waals surface area contributed by atoms with Crippen molar-refractivity contribution in [3.63, 3.8) is 0 Å². The molecule has 36 heavy (non-hydrogen) atoms. The van der Waals surface area contributed by atoms with E-state index in [-0.39, 0.29) is 18.0 Å². The Hall–Kier alpha value is -4.17. The lowest BCUT2D eigenvalue weighted by Gasteiger charge is -2.20. The van der Waals surface area contributed by atoms with E-state index in [4.69, 9.17) is 4.74 Å². The Morgan fingerprint density at radius 3 is 1.97 bits per heavy atom. The highest BCUT2D eigenvalue weighted by molar-refractivity contribution is 5.94. The van der Waals surface area contributed by atoms with Gasteiger partial charge in [-0.25, -0.2) is 13.8 Å². The SMILES string of the molecule is CC.O=C(NC(c1ccc(F)cc1)c1ccc(F)cc1)c1cnc(COCc2ccccc2)[nH]c1=O. The van der Waals surface area contributed by atoms with Crippen LogP contribution in [0.25, 0.3) is 0 Å². The molecule has 6 nitrogen and oxygen atoms in total. The van der Waals surface area contributed by atoms with E-state index in [0.717, 1.165) is 5.56 Å². The third-order valence-corrected chi connectivity index (χ3v) is 5.13. The fourth-order valence-electron chi connectivity index (χ4n) is 3.39. The minimum atomic E-state index is -0.734. The molecule has 0 atom stereocenters. The third-order valence-electron chi connectivity index (χ3n) is 5.13. The third kappa shape index (κ3) is 7.16. The number of nitrogens with one attached hydrogen (secondary N) is 2. The van der Waals surface area contributed by atoms with E-state index in [2.05, 4.69) is 15.3 Å². The highest BCUT2D eigenvalue weighted by Crippen LogP contribution is 2.23. The predicted molar refractivity (Wildman–Crippen MR) is 133 cm³/mol. The van der Waals surface area contributed by atoms with Crippen molar-refractivity contribution < 1.29 is 18.3 Å². The first-order valence-corrected chi connectivity index (χ1v) is 11.5. The van der Waals surface area contributed by atoms with Gasteiger partial charge in [0, 0.05) is 6.20 Å². The van der Waals surface area contributed by atoms with Gasteiger partial charge in [0.2, 0.25) is 0 Å². The number of benzene rings is 3. The van der Waals surface area contributed by atoms with Crippen molar-refractivity contribution >= 4 is 5.91 Å². The standard InChI is InChI=1S/C26H21F2N3O3.C2H6/c27-20-10-6-18(7-11-20)24(19-8-12-21(28)13-9-19)31-26(33)22-14-29-23(30-25(22)32)16-34-15-17-4-2-1-3-5-17;1-2/h1-14,24H,15-16H2,(H,31,33)(H,29,30,32);1-2H3. The summed E-state index contributed by atoms with van der Waals surface area (Å²) in [5.41, 5.74) is 1.30. The minimum absolute atomic E-state index is 0.0693. The molecule has 0 fully saturated rings. The lowest BCUT2D eigenvalue weighted by atomic mass is 9.98. The predicted octanol–water partition coefficient (Wildman–Crippen LogP) is 5.31. The zero-order valence-electron chi connectivity index (χ0n) is 20.0.